The summed E-state index contributed by atoms with van der Waals surface area (Å²) in [5.74, 6) is 1.27. The van der Waals surface area contributed by atoms with Gasteiger partial charge >= 0.3 is 0 Å². The van der Waals surface area contributed by atoms with Crippen molar-refractivity contribution >= 4 is 26.6 Å². The number of anilines is 1. The van der Waals surface area contributed by atoms with Crippen molar-refractivity contribution < 1.29 is 13.2 Å². The van der Waals surface area contributed by atoms with Crippen molar-refractivity contribution in [2.24, 2.45) is 0 Å². The van der Waals surface area contributed by atoms with Gasteiger partial charge in [0.2, 0.25) is 0 Å². The Morgan fingerprint density at radius 1 is 0.909 bits per heavy atom. The molecule has 0 amide bonds. The van der Waals surface area contributed by atoms with Crippen LogP contribution in [0.2, 0.25) is 0 Å². The molecule has 33 heavy (non-hydrogen) atoms. The van der Waals surface area contributed by atoms with Crippen molar-refractivity contribution in [3.8, 4) is 11.5 Å². The van der Waals surface area contributed by atoms with Crippen LogP contribution in [0.5, 0.6) is 11.5 Å². The number of likely N-dealkylation sites (N-methyl/N-ethyl adjacent to an activating group) is 1. The number of aromatic amines is 1. The van der Waals surface area contributed by atoms with Crippen molar-refractivity contribution in [3.05, 3.63) is 84.6 Å². The molecule has 0 atom stereocenters. The standard InChI is InChI=1S/C26H29N3O3S/c1-3-29(4-2)17-16-20-19-27-26-18-21(10-15-25(20)26)28-33(30,31)24-13-11-23(12-14-24)32-22-8-6-5-7-9-22/h5-15,18-19,27-28H,3-4,16-17H2,1-2H3. The van der Waals surface area contributed by atoms with Gasteiger partial charge in [-0.1, -0.05) is 38.1 Å². The molecule has 0 spiro atoms. The quantitative estimate of drug-likeness (QED) is 0.319. The number of para-hydroxylation sites is 1. The topological polar surface area (TPSA) is 74.4 Å². The third-order valence-electron chi connectivity index (χ3n) is 5.72. The summed E-state index contributed by atoms with van der Waals surface area (Å²) in [6, 6.07) is 21.4. The van der Waals surface area contributed by atoms with E-state index in [-0.39, 0.29) is 4.90 Å². The highest BCUT2D eigenvalue weighted by Gasteiger charge is 2.15. The first-order valence-electron chi connectivity index (χ1n) is 11.2. The van der Waals surface area contributed by atoms with E-state index in [1.54, 1.807) is 24.3 Å². The van der Waals surface area contributed by atoms with E-state index in [4.69, 9.17) is 4.74 Å². The highest BCUT2D eigenvalue weighted by atomic mass is 32.2. The summed E-state index contributed by atoms with van der Waals surface area (Å²) in [7, 11) is -3.72. The van der Waals surface area contributed by atoms with E-state index in [1.807, 2.05) is 54.7 Å². The highest BCUT2D eigenvalue weighted by Crippen LogP contribution is 2.26. The van der Waals surface area contributed by atoms with Crippen molar-refractivity contribution in [2.45, 2.75) is 25.2 Å². The largest absolute Gasteiger partial charge is 0.457 e. The Hall–Kier alpha value is -3.29. The molecule has 4 rings (SSSR count). The average molecular weight is 464 g/mol. The van der Waals surface area contributed by atoms with E-state index in [1.165, 1.54) is 5.56 Å². The number of aromatic nitrogens is 1. The third-order valence-corrected chi connectivity index (χ3v) is 7.12. The summed E-state index contributed by atoms with van der Waals surface area (Å²) in [6.45, 7) is 7.40. The van der Waals surface area contributed by atoms with Gasteiger partial charge in [0.1, 0.15) is 11.5 Å². The zero-order valence-electron chi connectivity index (χ0n) is 18.9. The first kappa shape index (κ1) is 22.9. The van der Waals surface area contributed by atoms with Gasteiger partial charge in [-0.15, -0.1) is 0 Å². The Balaban J connectivity index is 1.45. The molecule has 172 valence electrons. The molecule has 0 aliphatic carbocycles. The Labute approximate surface area is 195 Å². The third kappa shape index (κ3) is 5.56. The van der Waals surface area contributed by atoms with Gasteiger partial charge < -0.3 is 14.6 Å². The van der Waals surface area contributed by atoms with Gasteiger partial charge in [0.25, 0.3) is 10.0 Å². The molecular formula is C26H29N3O3S. The van der Waals surface area contributed by atoms with Crippen molar-refractivity contribution in [1.82, 2.24) is 9.88 Å². The molecule has 0 fully saturated rings. The molecule has 0 radical (unpaired) electrons. The van der Waals surface area contributed by atoms with E-state index < -0.39 is 10.0 Å². The van der Waals surface area contributed by atoms with Gasteiger partial charge in [0.15, 0.2) is 0 Å². The number of hydrogen-bond donors (Lipinski definition) is 2. The number of nitrogens with zero attached hydrogens (tertiary/aromatic N) is 1. The molecule has 3 aromatic carbocycles. The van der Waals surface area contributed by atoms with Crippen molar-refractivity contribution in [3.63, 3.8) is 0 Å². The van der Waals surface area contributed by atoms with Crippen LogP contribution in [0, 0.1) is 0 Å². The fourth-order valence-corrected chi connectivity index (χ4v) is 4.85. The lowest BCUT2D eigenvalue weighted by atomic mass is 10.1. The lowest BCUT2D eigenvalue weighted by molar-refractivity contribution is 0.308. The number of hydrogen-bond acceptors (Lipinski definition) is 4. The second kappa shape index (κ2) is 10.1. The molecule has 0 saturated carbocycles. The molecule has 0 aliphatic heterocycles. The van der Waals surface area contributed by atoms with Crippen LogP contribution >= 0.6 is 0 Å². The minimum atomic E-state index is -3.72. The normalized spacial score (nSPS) is 11.7. The summed E-state index contributed by atoms with van der Waals surface area (Å²) in [5, 5.41) is 1.12. The minimum Gasteiger partial charge on any atom is -0.457 e. The Morgan fingerprint density at radius 3 is 2.30 bits per heavy atom. The minimum absolute atomic E-state index is 0.175. The number of fused-ring (bicyclic) bond motifs is 1. The first-order chi connectivity index (χ1) is 16.0. The molecule has 0 unspecified atom stereocenters. The van der Waals surface area contributed by atoms with Gasteiger partial charge in [-0.3, -0.25) is 4.72 Å². The van der Waals surface area contributed by atoms with E-state index >= 15 is 0 Å². The maximum absolute atomic E-state index is 12.9. The van der Waals surface area contributed by atoms with Gasteiger partial charge in [-0.05, 0) is 73.6 Å². The fraction of sp³-hybridized carbons (Fsp3) is 0.231. The maximum Gasteiger partial charge on any atom is 0.261 e. The number of ether oxygens (including phenoxy) is 1. The molecule has 1 heterocycles. The zero-order chi connectivity index (χ0) is 23.3. The van der Waals surface area contributed by atoms with Crippen LogP contribution in [0.1, 0.15) is 19.4 Å². The zero-order valence-corrected chi connectivity index (χ0v) is 19.7. The number of benzene rings is 3. The van der Waals surface area contributed by atoms with Gasteiger partial charge in [-0.25, -0.2) is 8.42 Å². The molecule has 1 aromatic heterocycles. The summed E-state index contributed by atoms with van der Waals surface area (Å²) in [5.41, 5.74) is 2.67. The van der Waals surface area contributed by atoms with Crippen LogP contribution in [-0.4, -0.2) is 37.9 Å². The number of H-pyrrole nitrogens is 1. The molecular weight excluding hydrogens is 434 g/mol. The predicted octanol–water partition coefficient (Wildman–Crippen LogP) is 5.65. The van der Waals surface area contributed by atoms with Gasteiger partial charge in [0.05, 0.1) is 10.6 Å². The smallest absolute Gasteiger partial charge is 0.261 e. The van der Waals surface area contributed by atoms with E-state index in [9.17, 15) is 8.42 Å². The second-order valence-electron chi connectivity index (χ2n) is 7.84. The Morgan fingerprint density at radius 2 is 1.61 bits per heavy atom. The Bertz CT molecular complexity index is 1300. The number of nitrogens with one attached hydrogen (secondary N) is 2. The number of sulfonamides is 1. The molecule has 4 aromatic rings. The van der Waals surface area contributed by atoms with E-state index in [0.29, 0.717) is 17.2 Å². The summed E-state index contributed by atoms with van der Waals surface area (Å²) in [6.07, 6.45) is 2.96. The summed E-state index contributed by atoms with van der Waals surface area (Å²) in [4.78, 5) is 5.84. The molecule has 0 saturated heterocycles. The van der Waals surface area contributed by atoms with E-state index in [2.05, 4.69) is 28.5 Å². The fourth-order valence-electron chi connectivity index (χ4n) is 3.80. The van der Waals surface area contributed by atoms with Crippen molar-refractivity contribution in [2.75, 3.05) is 24.4 Å². The Kier molecular flexibility index (Phi) is 7.01. The summed E-state index contributed by atoms with van der Waals surface area (Å²) < 4.78 is 34.2. The molecule has 7 heteroatoms. The maximum atomic E-state index is 12.9. The molecule has 2 N–H and O–H groups in total. The summed E-state index contributed by atoms with van der Waals surface area (Å²) >= 11 is 0. The van der Waals surface area contributed by atoms with Gasteiger partial charge in [0, 0.05) is 23.6 Å². The average Bonchev–Trinajstić information content (AvgIpc) is 3.23. The SMILES string of the molecule is CCN(CC)CCc1c[nH]c2cc(NS(=O)(=O)c3ccc(Oc4ccccc4)cc3)ccc12. The van der Waals surface area contributed by atoms with Crippen LogP contribution in [0.15, 0.2) is 83.9 Å². The molecule has 0 aliphatic rings. The van der Waals surface area contributed by atoms with Crippen LogP contribution in [0.3, 0.4) is 0 Å². The molecule has 6 nitrogen and oxygen atoms in total. The number of rotatable bonds is 10. The predicted molar refractivity (Wildman–Crippen MR) is 134 cm³/mol. The highest BCUT2D eigenvalue weighted by molar-refractivity contribution is 7.92. The molecule has 0 bridgehead atoms. The second-order valence-corrected chi connectivity index (χ2v) is 9.53. The lowest BCUT2D eigenvalue weighted by Gasteiger charge is -2.17. The monoisotopic (exact) mass is 463 g/mol. The van der Waals surface area contributed by atoms with Crippen molar-refractivity contribution in [1.29, 1.82) is 0 Å². The van der Waals surface area contributed by atoms with Crippen LogP contribution in [0.25, 0.3) is 10.9 Å². The first-order valence-corrected chi connectivity index (χ1v) is 12.6. The van der Waals surface area contributed by atoms with Crippen LogP contribution < -0.4 is 9.46 Å². The van der Waals surface area contributed by atoms with E-state index in [0.717, 1.165) is 37.0 Å². The van der Waals surface area contributed by atoms with Crippen LogP contribution in [-0.2, 0) is 16.4 Å². The van der Waals surface area contributed by atoms with Gasteiger partial charge in [-0.2, -0.15) is 0 Å². The lowest BCUT2D eigenvalue weighted by Crippen LogP contribution is -2.25. The van der Waals surface area contributed by atoms with Crippen LogP contribution in [0.4, 0.5) is 5.69 Å².